The highest BCUT2D eigenvalue weighted by molar-refractivity contribution is 6.30. The van der Waals surface area contributed by atoms with Gasteiger partial charge in [0.25, 0.3) is 5.91 Å². The first kappa shape index (κ1) is 14.1. The molecule has 0 saturated carbocycles. The molecule has 0 heterocycles. The van der Waals surface area contributed by atoms with Crippen molar-refractivity contribution in [2.75, 3.05) is 5.73 Å². The van der Waals surface area contributed by atoms with Crippen LogP contribution in [0.15, 0.2) is 36.4 Å². The smallest absolute Gasteiger partial charge is 0.250 e. The lowest BCUT2D eigenvalue weighted by Gasteiger charge is -2.10. The van der Waals surface area contributed by atoms with Crippen molar-refractivity contribution in [1.29, 1.82) is 0 Å². The van der Waals surface area contributed by atoms with Crippen molar-refractivity contribution in [3.05, 3.63) is 58.4 Å². The first-order chi connectivity index (χ1) is 9.47. The number of carbonyl (C=O) groups excluding carboxylic acids is 1. The van der Waals surface area contributed by atoms with Gasteiger partial charge in [-0.3, -0.25) is 4.79 Å². The Kier molecular flexibility index (Phi) is 4.10. The fourth-order valence-corrected chi connectivity index (χ4v) is 1.76. The molecule has 0 aliphatic heterocycles. The van der Waals surface area contributed by atoms with Crippen LogP contribution in [0.25, 0.3) is 0 Å². The summed E-state index contributed by atoms with van der Waals surface area (Å²) in [6.07, 6.45) is 0. The van der Waals surface area contributed by atoms with Crippen LogP contribution in [0.1, 0.15) is 15.9 Å². The SMILES string of the molecule is NC(=O)c1cc(OCc2ccc(Cl)cc2)c(F)cc1N. The molecule has 6 heteroatoms. The standard InChI is InChI=1S/C14H12ClFN2O2/c15-9-3-1-8(2-4-9)7-20-13-5-10(14(18)19)12(17)6-11(13)16/h1-6H,7,17H2,(H2,18,19). The number of halogens is 2. The zero-order chi connectivity index (χ0) is 14.7. The van der Waals surface area contributed by atoms with Crippen molar-refractivity contribution in [2.24, 2.45) is 5.73 Å². The minimum absolute atomic E-state index is 0.0196. The average Bonchev–Trinajstić information content (AvgIpc) is 2.39. The first-order valence-electron chi connectivity index (χ1n) is 5.73. The molecule has 0 atom stereocenters. The summed E-state index contributed by atoms with van der Waals surface area (Å²) >= 11 is 5.76. The highest BCUT2D eigenvalue weighted by Crippen LogP contribution is 2.25. The normalized spacial score (nSPS) is 10.3. The van der Waals surface area contributed by atoms with Crippen LogP contribution in [0.3, 0.4) is 0 Å². The third kappa shape index (κ3) is 3.19. The van der Waals surface area contributed by atoms with Crippen LogP contribution in [0.4, 0.5) is 10.1 Å². The number of carbonyl (C=O) groups is 1. The fourth-order valence-electron chi connectivity index (χ4n) is 1.63. The van der Waals surface area contributed by atoms with Gasteiger partial charge in [0.1, 0.15) is 6.61 Å². The fraction of sp³-hybridized carbons (Fsp3) is 0.0714. The second-order valence-electron chi connectivity index (χ2n) is 4.15. The predicted molar refractivity (Wildman–Crippen MR) is 75.1 cm³/mol. The highest BCUT2D eigenvalue weighted by atomic mass is 35.5. The summed E-state index contributed by atoms with van der Waals surface area (Å²) in [5, 5.41) is 0.600. The van der Waals surface area contributed by atoms with Crippen LogP contribution in [-0.4, -0.2) is 5.91 Å². The molecule has 1 amide bonds. The first-order valence-corrected chi connectivity index (χ1v) is 6.11. The summed E-state index contributed by atoms with van der Waals surface area (Å²) in [7, 11) is 0. The summed E-state index contributed by atoms with van der Waals surface area (Å²) in [6.45, 7) is 0.135. The van der Waals surface area contributed by atoms with E-state index in [-0.39, 0.29) is 23.6 Å². The summed E-state index contributed by atoms with van der Waals surface area (Å²) in [5.74, 6) is -1.47. The molecule has 0 unspecified atom stereocenters. The molecule has 2 aromatic rings. The van der Waals surface area contributed by atoms with E-state index in [0.717, 1.165) is 11.6 Å². The van der Waals surface area contributed by atoms with Gasteiger partial charge >= 0.3 is 0 Å². The molecule has 0 spiro atoms. The van der Waals surface area contributed by atoms with Crippen molar-refractivity contribution in [1.82, 2.24) is 0 Å². The number of amides is 1. The minimum Gasteiger partial charge on any atom is -0.486 e. The van der Waals surface area contributed by atoms with E-state index < -0.39 is 11.7 Å². The zero-order valence-electron chi connectivity index (χ0n) is 10.4. The van der Waals surface area contributed by atoms with E-state index in [9.17, 15) is 9.18 Å². The summed E-state index contributed by atoms with van der Waals surface area (Å²) in [4.78, 5) is 11.1. The number of nitrogens with two attached hydrogens (primary N) is 2. The van der Waals surface area contributed by atoms with Gasteiger partial charge in [-0.1, -0.05) is 23.7 Å². The van der Waals surface area contributed by atoms with Gasteiger partial charge in [-0.05, 0) is 23.8 Å². The molecule has 4 N–H and O–H groups in total. The lowest BCUT2D eigenvalue weighted by Crippen LogP contribution is -2.14. The number of primary amides is 1. The third-order valence-electron chi connectivity index (χ3n) is 2.68. The predicted octanol–water partition coefficient (Wildman–Crippen LogP) is 2.74. The number of benzene rings is 2. The number of hydrogen-bond donors (Lipinski definition) is 2. The Hall–Kier alpha value is -2.27. The van der Waals surface area contributed by atoms with Crippen LogP contribution in [0, 0.1) is 5.82 Å². The molecular formula is C14H12ClFN2O2. The van der Waals surface area contributed by atoms with E-state index in [1.807, 2.05) is 0 Å². The Bertz CT molecular complexity index is 644. The Morgan fingerprint density at radius 1 is 1.25 bits per heavy atom. The lowest BCUT2D eigenvalue weighted by atomic mass is 10.1. The maximum atomic E-state index is 13.7. The molecule has 0 aliphatic rings. The van der Waals surface area contributed by atoms with E-state index in [1.165, 1.54) is 6.07 Å². The number of rotatable bonds is 4. The molecule has 0 aliphatic carbocycles. The second kappa shape index (κ2) is 5.79. The molecule has 104 valence electrons. The molecule has 2 rings (SSSR count). The van der Waals surface area contributed by atoms with Crippen molar-refractivity contribution in [3.8, 4) is 5.75 Å². The van der Waals surface area contributed by atoms with Gasteiger partial charge in [-0.2, -0.15) is 0 Å². The molecule has 0 bridgehead atoms. The monoisotopic (exact) mass is 294 g/mol. The second-order valence-corrected chi connectivity index (χ2v) is 4.59. The van der Waals surface area contributed by atoms with E-state index in [4.69, 9.17) is 27.8 Å². The summed E-state index contributed by atoms with van der Waals surface area (Å²) in [6, 6.07) is 9.13. The number of nitrogen functional groups attached to an aromatic ring is 1. The van der Waals surface area contributed by atoms with Crippen LogP contribution in [-0.2, 0) is 6.61 Å². The molecule has 0 saturated heterocycles. The van der Waals surface area contributed by atoms with Crippen molar-refractivity contribution in [2.45, 2.75) is 6.61 Å². The molecule has 0 fully saturated rings. The van der Waals surface area contributed by atoms with Crippen LogP contribution < -0.4 is 16.2 Å². The number of ether oxygens (including phenoxy) is 1. The van der Waals surface area contributed by atoms with Gasteiger partial charge < -0.3 is 16.2 Å². The maximum Gasteiger partial charge on any atom is 0.250 e. The Morgan fingerprint density at radius 3 is 2.50 bits per heavy atom. The lowest BCUT2D eigenvalue weighted by molar-refractivity contribution is 0.100. The van der Waals surface area contributed by atoms with E-state index in [0.29, 0.717) is 5.02 Å². The minimum atomic E-state index is -0.737. The topological polar surface area (TPSA) is 78.3 Å². The maximum absolute atomic E-state index is 13.7. The molecule has 4 nitrogen and oxygen atoms in total. The van der Waals surface area contributed by atoms with E-state index in [2.05, 4.69) is 0 Å². The zero-order valence-corrected chi connectivity index (χ0v) is 11.2. The van der Waals surface area contributed by atoms with Gasteiger partial charge in [0, 0.05) is 16.8 Å². The summed E-state index contributed by atoms with van der Waals surface area (Å²) < 4.78 is 19.0. The van der Waals surface area contributed by atoms with Gasteiger partial charge in [0.15, 0.2) is 11.6 Å². The largest absolute Gasteiger partial charge is 0.486 e. The molecule has 0 aromatic heterocycles. The molecular weight excluding hydrogens is 283 g/mol. The quantitative estimate of drug-likeness (QED) is 0.851. The molecule has 20 heavy (non-hydrogen) atoms. The van der Waals surface area contributed by atoms with E-state index in [1.54, 1.807) is 24.3 Å². The number of anilines is 1. The Labute approximate surface area is 120 Å². The third-order valence-corrected chi connectivity index (χ3v) is 2.93. The van der Waals surface area contributed by atoms with Crippen molar-refractivity contribution in [3.63, 3.8) is 0 Å². The Morgan fingerprint density at radius 2 is 1.90 bits per heavy atom. The average molecular weight is 295 g/mol. The molecule has 2 aromatic carbocycles. The van der Waals surface area contributed by atoms with Gasteiger partial charge in [-0.15, -0.1) is 0 Å². The highest BCUT2D eigenvalue weighted by Gasteiger charge is 2.13. The van der Waals surface area contributed by atoms with Crippen LogP contribution >= 0.6 is 11.6 Å². The van der Waals surface area contributed by atoms with Crippen molar-refractivity contribution >= 4 is 23.2 Å². The summed E-state index contributed by atoms with van der Waals surface area (Å²) in [5.41, 5.74) is 11.5. The van der Waals surface area contributed by atoms with Crippen molar-refractivity contribution < 1.29 is 13.9 Å². The van der Waals surface area contributed by atoms with Gasteiger partial charge in [0.2, 0.25) is 0 Å². The molecule has 0 radical (unpaired) electrons. The number of hydrogen-bond acceptors (Lipinski definition) is 3. The van der Waals surface area contributed by atoms with Crippen LogP contribution in [0.2, 0.25) is 5.02 Å². The van der Waals surface area contributed by atoms with Gasteiger partial charge in [-0.25, -0.2) is 4.39 Å². The van der Waals surface area contributed by atoms with Gasteiger partial charge in [0.05, 0.1) is 5.56 Å². The Balaban J connectivity index is 2.18. The van der Waals surface area contributed by atoms with E-state index >= 15 is 0 Å². The van der Waals surface area contributed by atoms with Crippen LogP contribution in [0.5, 0.6) is 5.75 Å².